The number of nitrogens with zero attached hydrogens (tertiary/aromatic N) is 3. The molecule has 0 spiro atoms. The van der Waals surface area contributed by atoms with Crippen LogP contribution in [0.15, 0.2) is 39.3 Å². The molecule has 2 rings (SSSR count). The summed E-state index contributed by atoms with van der Waals surface area (Å²) >= 11 is 7.68. The summed E-state index contributed by atoms with van der Waals surface area (Å²) < 4.78 is 46.7. The zero-order valence-electron chi connectivity index (χ0n) is 17.2. The second-order valence-electron chi connectivity index (χ2n) is 7.39. The van der Waals surface area contributed by atoms with Gasteiger partial charge in [0.2, 0.25) is 0 Å². The van der Waals surface area contributed by atoms with Crippen molar-refractivity contribution in [3.63, 3.8) is 0 Å². The molecule has 8 nitrogen and oxygen atoms in total. The molecule has 0 aliphatic carbocycles. The van der Waals surface area contributed by atoms with Gasteiger partial charge in [-0.05, 0) is 32.9 Å². The lowest BCUT2D eigenvalue weighted by molar-refractivity contribution is -0.384. The fourth-order valence-electron chi connectivity index (χ4n) is 2.55. The van der Waals surface area contributed by atoms with Crippen molar-refractivity contribution in [1.82, 2.24) is 4.98 Å². The molecule has 0 radical (unpaired) electrons. The molecule has 0 bridgehead atoms. The van der Waals surface area contributed by atoms with E-state index in [0.717, 1.165) is 6.20 Å². The van der Waals surface area contributed by atoms with Crippen LogP contribution in [0.4, 0.5) is 20.2 Å². The summed E-state index contributed by atoms with van der Waals surface area (Å²) in [4.78, 5) is 14.5. The number of pyridine rings is 1. The van der Waals surface area contributed by atoms with E-state index in [9.17, 15) is 23.4 Å². The van der Waals surface area contributed by atoms with Gasteiger partial charge in [-0.15, -0.1) is 0 Å². The molecule has 0 saturated heterocycles. The Hall–Kier alpha value is -2.02. The van der Waals surface area contributed by atoms with Crippen LogP contribution in [0, 0.1) is 10.1 Å². The van der Waals surface area contributed by atoms with E-state index in [1.165, 1.54) is 24.4 Å². The van der Waals surface area contributed by atoms with E-state index in [2.05, 4.69) is 35.4 Å². The lowest BCUT2D eigenvalue weighted by Gasteiger charge is -2.23. The molecule has 0 aliphatic heterocycles. The first-order valence-corrected chi connectivity index (χ1v) is 11.4. The van der Waals surface area contributed by atoms with Crippen molar-refractivity contribution in [2.24, 2.45) is 4.40 Å². The standard InChI is InChI=1S/C19H20BrClF2N4O4S/c1-19(2,3)32(30)25-8-7-12(17-11(20)5-4-6-15(17)31-18(22)23)26-13-9-16(21)24-10-14(13)27(28)29/h4-6,8-10,12,18H,7H2,1-3H3,(H,24,26)/t12?,32-/m1/s1. The number of alkyl halides is 2. The normalized spacial score (nSPS) is 13.9. The fraction of sp³-hybridized carbons (Fsp3) is 0.368. The Bertz CT molecular complexity index is 994. The average molecular weight is 554 g/mol. The SMILES string of the molecule is CC(C)(C)[S@@+]([O-])N=CCC(Nc1cc(Cl)ncc1[N+](=O)[O-])c1c(Br)cccc1OC(F)F. The molecule has 1 unspecified atom stereocenters. The van der Waals surface area contributed by atoms with Crippen LogP contribution in [-0.2, 0) is 11.4 Å². The van der Waals surface area contributed by atoms with Gasteiger partial charge in [-0.2, -0.15) is 8.78 Å². The van der Waals surface area contributed by atoms with Crippen molar-refractivity contribution < 1.29 is 23.0 Å². The van der Waals surface area contributed by atoms with E-state index in [-0.39, 0.29) is 34.3 Å². The summed E-state index contributed by atoms with van der Waals surface area (Å²) in [6.45, 7) is 2.17. The maximum absolute atomic E-state index is 13.0. The van der Waals surface area contributed by atoms with Crippen molar-refractivity contribution in [2.75, 3.05) is 5.32 Å². The third kappa shape index (κ3) is 7.26. The molecule has 0 amide bonds. The molecule has 174 valence electrons. The summed E-state index contributed by atoms with van der Waals surface area (Å²) in [6.07, 6.45) is 2.40. The Kier molecular flexibility index (Phi) is 9.19. The van der Waals surface area contributed by atoms with Crippen LogP contribution in [0.2, 0.25) is 5.15 Å². The van der Waals surface area contributed by atoms with Crippen molar-refractivity contribution in [1.29, 1.82) is 0 Å². The summed E-state index contributed by atoms with van der Waals surface area (Å²) in [5, 5.41) is 14.4. The highest BCUT2D eigenvalue weighted by Crippen LogP contribution is 2.38. The zero-order valence-corrected chi connectivity index (χ0v) is 20.4. The molecule has 1 aromatic carbocycles. The smallest absolute Gasteiger partial charge is 0.387 e. The van der Waals surface area contributed by atoms with Gasteiger partial charge in [0.05, 0.1) is 17.2 Å². The highest BCUT2D eigenvalue weighted by atomic mass is 79.9. The minimum absolute atomic E-state index is 0.00413. The largest absolute Gasteiger partial charge is 0.591 e. The molecule has 0 fully saturated rings. The molecule has 0 saturated carbocycles. The van der Waals surface area contributed by atoms with Gasteiger partial charge in [-0.3, -0.25) is 10.1 Å². The van der Waals surface area contributed by atoms with Crippen LogP contribution in [-0.4, -0.2) is 32.0 Å². The third-order valence-electron chi connectivity index (χ3n) is 3.99. The number of nitro groups is 1. The molecule has 2 aromatic rings. The maximum Gasteiger partial charge on any atom is 0.387 e. The van der Waals surface area contributed by atoms with Crippen LogP contribution in [0.5, 0.6) is 5.75 Å². The average Bonchev–Trinajstić information content (AvgIpc) is 2.66. The van der Waals surface area contributed by atoms with Gasteiger partial charge in [0.15, 0.2) is 0 Å². The fourth-order valence-corrected chi connectivity index (χ4v) is 3.87. The van der Waals surface area contributed by atoms with E-state index in [1.807, 2.05) is 0 Å². The molecule has 32 heavy (non-hydrogen) atoms. The lowest BCUT2D eigenvalue weighted by Crippen LogP contribution is -2.26. The first-order chi connectivity index (χ1) is 14.9. The van der Waals surface area contributed by atoms with Crippen LogP contribution in [0.25, 0.3) is 0 Å². The second-order valence-corrected chi connectivity index (χ2v) is 10.6. The predicted molar refractivity (Wildman–Crippen MR) is 124 cm³/mol. The van der Waals surface area contributed by atoms with Crippen molar-refractivity contribution >= 4 is 56.5 Å². The first kappa shape index (κ1) is 26.2. The molecule has 1 heterocycles. The number of anilines is 1. The van der Waals surface area contributed by atoms with E-state index >= 15 is 0 Å². The predicted octanol–water partition coefficient (Wildman–Crippen LogP) is 6.08. The summed E-state index contributed by atoms with van der Waals surface area (Å²) in [6, 6.07) is 4.88. The van der Waals surface area contributed by atoms with Crippen LogP contribution in [0.3, 0.4) is 0 Å². The third-order valence-corrected chi connectivity index (χ3v) is 6.28. The zero-order chi connectivity index (χ0) is 24.1. The van der Waals surface area contributed by atoms with E-state index in [1.54, 1.807) is 26.8 Å². The molecule has 1 aromatic heterocycles. The lowest BCUT2D eigenvalue weighted by atomic mass is 10.0. The van der Waals surface area contributed by atoms with Gasteiger partial charge in [0, 0.05) is 22.5 Å². The van der Waals surface area contributed by atoms with Crippen molar-refractivity contribution in [3.8, 4) is 5.75 Å². The molecule has 13 heteroatoms. The summed E-state index contributed by atoms with van der Waals surface area (Å²) in [7, 11) is 0. The van der Waals surface area contributed by atoms with Gasteiger partial charge >= 0.3 is 12.3 Å². The molecular weight excluding hydrogens is 534 g/mol. The molecular formula is C19H20BrClF2N4O4S. The molecule has 1 N–H and O–H groups in total. The Morgan fingerprint density at radius 1 is 1.44 bits per heavy atom. The monoisotopic (exact) mass is 552 g/mol. The molecule has 2 atom stereocenters. The summed E-state index contributed by atoms with van der Waals surface area (Å²) in [5.41, 5.74) is -0.0786. The summed E-state index contributed by atoms with van der Waals surface area (Å²) in [5.74, 6) is -0.139. The van der Waals surface area contributed by atoms with Crippen molar-refractivity contribution in [2.45, 2.75) is 44.6 Å². The van der Waals surface area contributed by atoms with Crippen molar-refractivity contribution in [3.05, 3.63) is 55.8 Å². The number of rotatable bonds is 9. The quantitative estimate of drug-likeness (QED) is 0.132. The number of halogens is 4. The van der Waals surface area contributed by atoms with Gasteiger partial charge in [0.1, 0.15) is 38.9 Å². The van der Waals surface area contributed by atoms with Gasteiger partial charge < -0.3 is 14.6 Å². The highest BCUT2D eigenvalue weighted by Gasteiger charge is 2.27. The Morgan fingerprint density at radius 2 is 2.12 bits per heavy atom. The van der Waals surface area contributed by atoms with E-state index in [0.29, 0.717) is 4.47 Å². The Balaban J connectivity index is 2.52. The number of benzene rings is 1. The van der Waals surface area contributed by atoms with Gasteiger partial charge in [0.25, 0.3) is 0 Å². The van der Waals surface area contributed by atoms with Gasteiger partial charge in [-0.25, -0.2) is 4.98 Å². The number of ether oxygens (including phenoxy) is 1. The number of hydrogen-bond donors (Lipinski definition) is 1. The van der Waals surface area contributed by atoms with Crippen LogP contribution in [0.1, 0.15) is 38.8 Å². The minimum atomic E-state index is -3.09. The first-order valence-electron chi connectivity index (χ1n) is 9.14. The Labute approximate surface area is 200 Å². The van der Waals surface area contributed by atoms with E-state index < -0.39 is 33.7 Å². The second kappa shape index (κ2) is 11.2. The Morgan fingerprint density at radius 3 is 2.72 bits per heavy atom. The number of hydrogen-bond acceptors (Lipinski definition) is 7. The molecule has 0 aliphatic rings. The van der Waals surface area contributed by atoms with Crippen LogP contribution < -0.4 is 10.1 Å². The van der Waals surface area contributed by atoms with E-state index in [4.69, 9.17) is 11.6 Å². The highest BCUT2D eigenvalue weighted by molar-refractivity contribution is 9.10. The van der Waals surface area contributed by atoms with Gasteiger partial charge in [-0.1, -0.05) is 38.0 Å². The topological polar surface area (TPSA) is 113 Å². The minimum Gasteiger partial charge on any atom is -0.591 e. The van der Waals surface area contributed by atoms with Crippen LogP contribution >= 0.6 is 27.5 Å². The number of aromatic nitrogens is 1. The maximum atomic E-state index is 13.0. The number of nitrogens with one attached hydrogen (secondary N) is 1.